The molecule has 0 saturated heterocycles. The average Bonchev–Trinajstić information content (AvgIpc) is 3.54. The Bertz CT molecular complexity index is 1410. The minimum atomic E-state index is -4.86. The Hall–Kier alpha value is -4.44. The van der Waals surface area contributed by atoms with Gasteiger partial charge in [0.15, 0.2) is 11.5 Å². The predicted molar refractivity (Wildman–Crippen MR) is 126 cm³/mol. The highest BCUT2D eigenvalue weighted by Crippen LogP contribution is 2.38. The number of nitrogens with zero attached hydrogens (tertiary/aromatic N) is 7. The first-order valence-electron chi connectivity index (χ1n) is 11.0. The SMILES string of the molecule is CN1CCCc2cccc(-n3ncc(C(=O)Nc4cnc(N5N=CCN5)c(C#N)c4)c3C(F)(F)F)c21. The molecule has 0 atom stereocenters. The standard InChI is InChI=1S/C23H20F3N9O/c1-33-9-3-5-14-4-2-6-18(19(14)33)34-20(23(24,25)26)17(13-31-34)22(36)32-16-10-15(11-27)21(28-12-16)35-29-7-8-30-35/h2,4,6-7,10,12-13,30H,3,5,8-9H2,1H3,(H,32,36). The molecule has 13 heteroatoms. The second-order valence-corrected chi connectivity index (χ2v) is 8.26. The number of alkyl halides is 3. The molecule has 0 fully saturated rings. The van der Waals surface area contributed by atoms with Crippen LogP contribution in [-0.4, -0.2) is 47.0 Å². The zero-order valence-electron chi connectivity index (χ0n) is 19.0. The van der Waals surface area contributed by atoms with E-state index in [4.69, 9.17) is 0 Å². The molecule has 0 aliphatic carbocycles. The zero-order valence-corrected chi connectivity index (χ0v) is 19.0. The van der Waals surface area contributed by atoms with Gasteiger partial charge in [-0.25, -0.2) is 15.1 Å². The maximum Gasteiger partial charge on any atom is 0.434 e. The third-order valence-corrected chi connectivity index (χ3v) is 5.91. The molecule has 184 valence electrons. The van der Waals surface area contributed by atoms with Crippen LogP contribution in [0.1, 0.15) is 33.6 Å². The van der Waals surface area contributed by atoms with E-state index in [0.717, 1.165) is 29.3 Å². The quantitative estimate of drug-likeness (QED) is 0.572. The number of hydrazone groups is 1. The van der Waals surface area contributed by atoms with Gasteiger partial charge in [-0.1, -0.05) is 12.1 Å². The molecule has 0 unspecified atom stereocenters. The van der Waals surface area contributed by atoms with Crippen LogP contribution in [0.4, 0.5) is 30.4 Å². The number of para-hydroxylation sites is 1. The highest BCUT2D eigenvalue weighted by Gasteiger charge is 2.41. The molecule has 36 heavy (non-hydrogen) atoms. The lowest BCUT2D eigenvalue weighted by atomic mass is 10.0. The average molecular weight is 495 g/mol. The number of aryl methyl sites for hydroxylation is 1. The number of carbonyl (C=O) groups excluding carboxylic acids is 1. The third-order valence-electron chi connectivity index (χ3n) is 5.91. The number of rotatable bonds is 4. The number of hydrogen-bond donors (Lipinski definition) is 2. The van der Waals surface area contributed by atoms with Gasteiger partial charge in [0.1, 0.15) is 11.6 Å². The van der Waals surface area contributed by atoms with Crippen molar-refractivity contribution in [3.05, 3.63) is 59.0 Å². The fourth-order valence-electron chi connectivity index (χ4n) is 4.38. The summed E-state index contributed by atoms with van der Waals surface area (Å²) in [6.07, 6.45) is 0.491. The number of nitriles is 1. The van der Waals surface area contributed by atoms with Gasteiger partial charge < -0.3 is 10.2 Å². The predicted octanol–water partition coefficient (Wildman–Crippen LogP) is 3.10. The zero-order chi connectivity index (χ0) is 25.4. The Kier molecular flexibility index (Phi) is 5.81. The summed E-state index contributed by atoms with van der Waals surface area (Å²) in [6, 6.07) is 8.39. The molecule has 3 aromatic rings. The van der Waals surface area contributed by atoms with Crippen LogP contribution in [0, 0.1) is 11.3 Å². The van der Waals surface area contributed by atoms with Gasteiger partial charge in [-0.05, 0) is 30.5 Å². The van der Waals surface area contributed by atoms with Gasteiger partial charge in [-0.15, -0.1) is 0 Å². The van der Waals surface area contributed by atoms with Gasteiger partial charge in [-0.3, -0.25) is 4.79 Å². The first kappa shape index (κ1) is 23.3. The molecule has 1 amide bonds. The molecule has 2 aromatic heterocycles. The fraction of sp³-hybridized carbons (Fsp3) is 0.261. The smallest absolute Gasteiger partial charge is 0.373 e. The summed E-state index contributed by atoms with van der Waals surface area (Å²) in [6.45, 7) is 1.15. The summed E-state index contributed by atoms with van der Waals surface area (Å²) in [5.41, 5.74) is 2.99. The molecule has 10 nitrogen and oxygen atoms in total. The van der Waals surface area contributed by atoms with Crippen molar-refractivity contribution in [1.82, 2.24) is 20.2 Å². The van der Waals surface area contributed by atoms with Gasteiger partial charge in [0.25, 0.3) is 5.91 Å². The Morgan fingerprint density at radius 3 is 2.83 bits per heavy atom. The van der Waals surface area contributed by atoms with E-state index < -0.39 is 23.3 Å². The van der Waals surface area contributed by atoms with Crippen molar-refractivity contribution in [2.45, 2.75) is 19.0 Å². The van der Waals surface area contributed by atoms with E-state index in [1.807, 2.05) is 24.1 Å². The lowest BCUT2D eigenvalue weighted by Crippen LogP contribution is -2.29. The van der Waals surface area contributed by atoms with E-state index in [9.17, 15) is 23.2 Å². The topological polar surface area (TPSA) is 114 Å². The summed E-state index contributed by atoms with van der Waals surface area (Å²) in [5.74, 6) is -0.825. The maximum absolute atomic E-state index is 14.3. The highest BCUT2D eigenvalue weighted by molar-refractivity contribution is 6.05. The molecule has 0 saturated carbocycles. The fourth-order valence-corrected chi connectivity index (χ4v) is 4.38. The maximum atomic E-state index is 14.3. The van der Waals surface area contributed by atoms with E-state index in [1.165, 1.54) is 17.4 Å². The number of fused-ring (bicyclic) bond motifs is 1. The lowest BCUT2D eigenvalue weighted by Gasteiger charge is -2.30. The molecule has 0 bridgehead atoms. The van der Waals surface area contributed by atoms with Crippen LogP contribution in [-0.2, 0) is 12.6 Å². The summed E-state index contributed by atoms with van der Waals surface area (Å²) in [4.78, 5) is 19.0. The number of halogens is 3. The molecular formula is C23H20F3N9O. The Morgan fingerprint density at radius 1 is 1.28 bits per heavy atom. The van der Waals surface area contributed by atoms with Crippen molar-refractivity contribution < 1.29 is 18.0 Å². The number of carbonyl (C=O) groups is 1. The van der Waals surface area contributed by atoms with Gasteiger partial charge >= 0.3 is 6.18 Å². The number of anilines is 3. The third kappa shape index (κ3) is 4.11. The number of hydrogen-bond acceptors (Lipinski definition) is 8. The van der Waals surface area contributed by atoms with E-state index in [1.54, 1.807) is 18.3 Å². The Morgan fingerprint density at radius 2 is 2.11 bits per heavy atom. The van der Waals surface area contributed by atoms with Crippen molar-refractivity contribution in [2.75, 3.05) is 35.5 Å². The normalized spacial score (nSPS) is 15.1. The van der Waals surface area contributed by atoms with E-state index >= 15 is 0 Å². The minimum Gasteiger partial charge on any atom is -0.373 e. The Balaban J connectivity index is 1.51. The van der Waals surface area contributed by atoms with Gasteiger partial charge in [-0.2, -0.15) is 33.8 Å². The molecule has 1 aromatic carbocycles. The van der Waals surface area contributed by atoms with Crippen LogP contribution in [0.3, 0.4) is 0 Å². The van der Waals surface area contributed by atoms with E-state index in [2.05, 4.69) is 25.9 Å². The summed E-state index contributed by atoms with van der Waals surface area (Å²) in [7, 11) is 1.82. The molecule has 4 heterocycles. The van der Waals surface area contributed by atoms with Crippen molar-refractivity contribution in [1.29, 1.82) is 5.26 Å². The van der Waals surface area contributed by atoms with Crippen molar-refractivity contribution in [3.63, 3.8) is 0 Å². The van der Waals surface area contributed by atoms with Gasteiger partial charge in [0.2, 0.25) is 0 Å². The molecule has 2 N–H and O–H groups in total. The van der Waals surface area contributed by atoms with Crippen LogP contribution in [0.25, 0.3) is 5.69 Å². The molecule has 0 spiro atoms. The van der Waals surface area contributed by atoms with Crippen LogP contribution in [0.15, 0.2) is 41.8 Å². The number of hydrazine groups is 1. The summed E-state index contributed by atoms with van der Waals surface area (Å²) >= 11 is 0. The number of nitrogens with one attached hydrogen (secondary N) is 2. The number of benzene rings is 1. The number of pyridine rings is 1. The largest absolute Gasteiger partial charge is 0.434 e. The van der Waals surface area contributed by atoms with E-state index in [0.29, 0.717) is 18.8 Å². The highest BCUT2D eigenvalue weighted by atomic mass is 19.4. The first-order chi connectivity index (χ1) is 17.3. The number of amides is 1. The molecule has 2 aliphatic heterocycles. The van der Waals surface area contributed by atoms with E-state index in [-0.39, 0.29) is 22.8 Å². The summed E-state index contributed by atoms with van der Waals surface area (Å²) < 4.78 is 43.6. The van der Waals surface area contributed by atoms with Crippen LogP contribution in [0.5, 0.6) is 0 Å². The molecule has 0 radical (unpaired) electrons. The Labute approximate surface area is 203 Å². The monoisotopic (exact) mass is 495 g/mol. The van der Waals surface area contributed by atoms with Crippen molar-refractivity contribution >= 4 is 29.3 Å². The van der Waals surface area contributed by atoms with Crippen LogP contribution in [0.2, 0.25) is 0 Å². The summed E-state index contributed by atoms with van der Waals surface area (Å²) in [5, 5.41) is 21.2. The second-order valence-electron chi connectivity index (χ2n) is 8.26. The minimum absolute atomic E-state index is 0.0566. The first-order valence-corrected chi connectivity index (χ1v) is 11.0. The van der Waals surface area contributed by atoms with Gasteiger partial charge in [0, 0.05) is 19.8 Å². The van der Waals surface area contributed by atoms with Gasteiger partial charge in [0.05, 0.1) is 41.6 Å². The second kappa shape index (κ2) is 8.97. The number of aromatic nitrogens is 3. The lowest BCUT2D eigenvalue weighted by molar-refractivity contribution is -0.143. The van der Waals surface area contributed by atoms with Crippen LogP contribution >= 0.6 is 0 Å². The molecular weight excluding hydrogens is 475 g/mol. The van der Waals surface area contributed by atoms with Crippen molar-refractivity contribution in [2.24, 2.45) is 5.10 Å². The van der Waals surface area contributed by atoms with Crippen LogP contribution < -0.4 is 20.8 Å². The molecule has 2 aliphatic rings. The van der Waals surface area contributed by atoms with Crippen molar-refractivity contribution in [3.8, 4) is 11.8 Å². The molecule has 5 rings (SSSR count).